The predicted molar refractivity (Wildman–Crippen MR) is 84.9 cm³/mol. The van der Waals surface area contributed by atoms with Crippen LogP contribution in [0, 0.1) is 6.92 Å². The Morgan fingerprint density at radius 2 is 1.62 bits per heavy atom. The van der Waals surface area contributed by atoms with Gasteiger partial charge in [-0.15, -0.1) is 0 Å². The van der Waals surface area contributed by atoms with Crippen LogP contribution in [0.2, 0.25) is 0 Å². The van der Waals surface area contributed by atoms with E-state index in [9.17, 15) is 4.79 Å². The van der Waals surface area contributed by atoms with E-state index in [1.807, 2.05) is 49.0 Å². The fourth-order valence-electron chi connectivity index (χ4n) is 3.15. The number of aromatic nitrogens is 2. The Morgan fingerprint density at radius 3 is 2.21 bits per heavy atom. The molecular weight excluding hydrogens is 443 g/mol. The summed E-state index contributed by atoms with van der Waals surface area (Å²) in [5, 5.41) is 0. The molecule has 128 valence electrons. The number of para-hydroxylation sites is 1. The Hall–Kier alpha value is -0.417. The second kappa shape index (κ2) is 10.5. The molecule has 7 heteroatoms. The van der Waals surface area contributed by atoms with Gasteiger partial charge in [-0.3, -0.25) is 14.4 Å². The number of hydrogen-bond acceptors (Lipinski definition) is 2. The Balaban J connectivity index is 0.00000176. The number of piperidine rings is 1. The summed E-state index contributed by atoms with van der Waals surface area (Å²) in [6, 6.07) is 9.86. The van der Waals surface area contributed by atoms with E-state index < -0.39 is 0 Å². The molecule has 0 radical (unpaired) electrons. The number of halogens is 2. The van der Waals surface area contributed by atoms with Gasteiger partial charge in [0.1, 0.15) is 0 Å². The third-order valence-corrected chi connectivity index (χ3v) is 4.50. The monoisotopic (exact) mass is 463 g/mol. The van der Waals surface area contributed by atoms with Crippen molar-refractivity contribution in [1.82, 2.24) is 14.3 Å². The van der Waals surface area contributed by atoms with Gasteiger partial charge < -0.3 is 29.4 Å². The van der Waals surface area contributed by atoms with Gasteiger partial charge >= 0.3 is 19.5 Å². The van der Waals surface area contributed by atoms with Gasteiger partial charge in [-0.2, -0.15) is 0 Å². The van der Waals surface area contributed by atoms with E-state index in [4.69, 9.17) is 0 Å². The fourth-order valence-corrected chi connectivity index (χ4v) is 3.15. The second-order valence-corrected chi connectivity index (χ2v) is 5.88. The maximum absolute atomic E-state index is 12.8. The zero-order valence-electron chi connectivity index (χ0n) is 14.3. The van der Waals surface area contributed by atoms with Crippen molar-refractivity contribution < 1.29 is 48.9 Å². The summed E-state index contributed by atoms with van der Waals surface area (Å²) >= 11 is 0. The van der Waals surface area contributed by atoms with Crippen LogP contribution in [0.3, 0.4) is 0 Å². The molecule has 1 aliphatic rings. The predicted octanol–water partition coefficient (Wildman–Crippen LogP) is -3.52. The molecule has 1 aromatic heterocycles. The van der Waals surface area contributed by atoms with E-state index in [0.717, 1.165) is 36.6 Å². The Morgan fingerprint density at radius 1 is 1.04 bits per heavy atom. The molecule has 0 N–H and O–H groups in total. The summed E-state index contributed by atoms with van der Waals surface area (Å²) in [5.41, 5.74) is 3.04. The second-order valence-electron chi connectivity index (χ2n) is 5.88. The van der Waals surface area contributed by atoms with Gasteiger partial charge in [0.05, 0.1) is 11.3 Å². The summed E-state index contributed by atoms with van der Waals surface area (Å²) in [5.74, 6) is 0. The first-order valence-electron chi connectivity index (χ1n) is 7.74. The van der Waals surface area contributed by atoms with Gasteiger partial charge in [-0.25, -0.2) is 4.68 Å². The van der Waals surface area contributed by atoms with Crippen LogP contribution in [0.4, 0.5) is 0 Å². The van der Waals surface area contributed by atoms with Crippen LogP contribution >= 0.6 is 0 Å². The van der Waals surface area contributed by atoms with Gasteiger partial charge in [0.15, 0.2) is 0 Å². The molecule has 0 bridgehead atoms. The van der Waals surface area contributed by atoms with Crippen molar-refractivity contribution >= 4 is 0 Å². The van der Waals surface area contributed by atoms with Crippen molar-refractivity contribution in [2.45, 2.75) is 32.7 Å². The number of likely N-dealkylation sites (tertiary alicyclic amines) is 1. The van der Waals surface area contributed by atoms with Crippen molar-refractivity contribution in [1.29, 1.82) is 0 Å². The molecular formula is C17H23BrClN3OZn. The SMILES string of the molecule is Cc1c(CN2CCCCC2)c(=O)n(-c2ccccc2)n1C.[Br-].[Cl-].[Zn+2]. The van der Waals surface area contributed by atoms with Crippen LogP contribution in [0.15, 0.2) is 35.1 Å². The maximum atomic E-state index is 12.8. The number of nitrogens with zero attached hydrogens (tertiary/aromatic N) is 3. The van der Waals surface area contributed by atoms with Gasteiger partial charge in [-0.05, 0) is 45.0 Å². The molecule has 24 heavy (non-hydrogen) atoms. The van der Waals surface area contributed by atoms with E-state index >= 15 is 0 Å². The van der Waals surface area contributed by atoms with Crippen LogP contribution in [0.5, 0.6) is 0 Å². The van der Waals surface area contributed by atoms with E-state index in [0.29, 0.717) is 0 Å². The maximum Gasteiger partial charge on any atom is 2.00 e. The summed E-state index contributed by atoms with van der Waals surface area (Å²) < 4.78 is 3.74. The molecule has 0 atom stereocenters. The smallest absolute Gasteiger partial charge is 1.00 e. The summed E-state index contributed by atoms with van der Waals surface area (Å²) in [6.45, 7) is 5.04. The molecule has 1 fully saturated rings. The zero-order chi connectivity index (χ0) is 14.8. The van der Waals surface area contributed by atoms with Crippen LogP contribution in [-0.4, -0.2) is 27.4 Å². The standard InChI is InChI=1S/C17H23N3O.BrH.ClH.Zn/c1-14-16(13-19-11-7-4-8-12-19)17(21)20(18(14)2)15-9-5-3-6-10-15;;;/h3,5-6,9-10H,4,7-8,11-13H2,1-2H3;2*1H;/q;;;+2/p-2. The molecule has 1 aromatic carbocycles. The van der Waals surface area contributed by atoms with Gasteiger partial charge in [0.25, 0.3) is 5.56 Å². The molecule has 0 saturated carbocycles. The molecule has 1 saturated heterocycles. The van der Waals surface area contributed by atoms with Crippen LogP contribution < -0.4 is 34.9 Å². The van der Waals surface area contributed by atoms with E-state index in [-0.39, 0.29) is 54.4 Å². The molecule has 2 aromatic rings. The minimum Gasteiger partial charge on any atom is -1.00 e. The molecule has 2 heterocycles. The van der Waals surface area contributed by atoms with Crippen molar-refractivity contribution in [3.63, 3.8) is 0 Å². The largest absolute Gasteiger partial charge is 2.00 e. The fraction of sp³-hybridized carbons (Fsp3) is 0.471. The van der Waals surface area contributed by atoms with Crippen LogP contribution in [0.1, 0.15) is 30.5 Å². The topological polar surface area (TPSA) is 30.2 Å². The van der Waals surface area contributed by atoms with Crippen molar-refractivity contribution in [2.24, 2.45) is 7.05 Å². The van der Waals surface area contributed by atoms with Crippen LogP contribution in [0.25, 0.3) is 5.69 Å². The van der Waals surface area contributed by atoms with Gasteiger partial charge in [0.2, 0.25) is 0 Å². The number of benzene rings is 1. The first kappa shape index (κ1) is 23.6. The first-order chi connectivity index (χ1) is 10.2. The molecule has 4 nitrogen and oxygen atoms in total. The third kappa shape index (κ3) is 4.81. The summed E-state index contributed by atoms with van der Waals surface area (Å²) in [4.78, 5) is 15.2. The van der Waals surface area contributed by atoms with E-state index in [2.05, 4.69) is 4.90 Å². The molecule has 1 aliphatic heterocycles. The number of rotatable bonds is 3. The van der Waals surface area contributed by atoms with Crippen molar-refractivity contribution in [3.05, 3.63) is 51.9 Å². The molecule has 0 unspecified atom stereocenters. The Kier molecular flexibility index (Phi) is 10.4. The van der Waals surface area contributed by atoms with Gasteiger partial charge in [0, 0.05) is 19.3 Å². The molecule has 0 aliphatic carbocycles. The Bertz CT molecular complexity index is 681. The minimum absolute atomic E-state index is 0. The third-order valence-electron chi connectivity index (χ3n) is 4.50. The van der Waals surface area contributed by atoms with Crippen molar-refractivity contribution in [3.8, 4) is 5.69 Å². The normalized spacial score (nSPS) is 14.2. The average Bonchev–Trinajstić information content (AvgIpc) is 2.73. The average molecular weight is 466 g/mol. The quantitative estimate of drug-likeness (QED) is 0.440. The van der Waals surface area contributed by atoms with Crippen LogP contribution in [-0.2, 0) is 33.1 Å². The molecule has 0 spiro atoms. The minimum atomic E-state index is 0. The first-order valence-corrected chi connectivity index (χ1v) is 7.74. The number of hydrogen-bond donors (Lipinski definition) is 0. The summed E-state index contributed by atoms with van der Waals surface area (Å²) in [7, 11) is 1.96. The Labute approximate surface area is 173 Å². The van der Waals surface area contributed by atoms with E-state index in [1.54, 1.807) is 4.68 Å². The molecule has 0 amide bonds. The summed E-state index contributed by atoms with van der Waals surface area (Å²) in [6.07, 6.45) is 3.82. The molecule has 3 rings (SSSR count). The van der Waals surface area contributed by atoms with Crippen molar-refractivity contribution in [2.75, 3.05) is 13.1 Å². The van der Waals surface area contributed by atoms with E-state index in [1.165, 1.54) is 19.3 Å². The zero-order valence-corrected chi connectivity index (χ0v) is 19.7. The van der Waals surface area contributed by atoms with Gasteiger partial charge in [-0.1, -0.05) is 24.6 Å².